The summed E-state index contributed by atoms with van der Waals surface area (Å²) in [6, 6.07) is 19.6. The van der Waals surface area contributed by atoms with Crippen LogP contribution < -0.4 is 19.7 Å². The van der Waals surface area contributed by atoms with Gasteiger partial charge in [0.1, 0.15) is 18.1 Å². The molecule has 9 nitrogen and oxygen atoms in total. The molecule has 1 N–H and O–H groups in total. The number of amides is 2. The molecule has 0 spiro atoms. The molecule has 0 aliphatic carbocycles. The Labute approximate surface area is 227 Å². The fourth-order valence-electron chi connectivity index (χ4n) is 4.55. The lowest BCUT2D eigenvalue weighted by molar-refractivity contribution is -0.128. The zero-order valence-corrected chi connectivity index (χ0v) is 22.7. The van der Waals surface area contributed by atoms with Gasteiger partial charge in [0.25, 0.3) is 0 Å². The van der Waals surface area contributed by atoms with E-state index in [4.69, 9.17) is 9.47 Å². The number of anilines is 1. The summed E-state index contributed by atoms with van der Waals surface area (Å²) < 4.78 is 12.7. The molecule has 202 valence electrons. The Bertz CT molecular complexity index is 1500. The number of rotatable bonds is 9. The number of hydrogen-bond donors (Lipinski definition) is 1. The van der Waals surface area contributed by atoms with Gasteiger partial charge in [-0.05, 0) is 62.1 Å². The monoisotopic (exact) mass is 527 g/mol. The Morgan fingerprint density at radius 1 is 1.03 bits per heavy atom. The minimum Gasteiger partial charge on any atom is -0.454 e. The van der Waals surface area contributed by atoms with Crippen molar-refractivity contribution in [3.8, 4) is 11.5 Å². The zero-order valence-electron chi connectivity index (χ0n) is 22.7. The second-order valence-electron chi connectivity index (χ2n) is 10.3. The van der Waals surface area contributed by atoms with E-state index < -0.39 is 11.6 Å². The van der Waals surface area contributed by atoms with Gasteiger partial charge in [-0.1, -0.05) is 55.5 Å². The second kappa shape index (κ2) is 10.8. The summed E-state index contributed by atoms with van der Waals surface area (Å²) in [5, 5.41) is 11.6. The summed E-state index contributed by atoms with van der Waals surface area (Å²) in [6.07, 6.45) is 1.59. The molecular formula is C30H33N5O4. The van der Waals surface area contributed by atoms with Gasteiger partial charge in [0.15, 0.2) is 11.5 Å². The topological polar surface area (TPSA) is 98.6 Å². The summed E-state index contributed by atoms with van der Waals surface area (Å²) in [6.45, 7) is 8.02. The zero-order chi connectivity index (χ0) is 27.6. The summed E-state index contributed by atoms with van der Waals surface area (Å²) in [7, 11) is 0. The average Bonchev–Trinajstić information content (AvgIpc) is 3.58. The minimum absolute atomic E-state index is 0.102. The van der Waals surface area contributed by atoms with Gasteiger partial charge in [-0.25, -0.2) is 4.68 Å². The molecule has 0 fully saturated rings. The summed E-state index contributed by atoms with van der Waals surface area (Å²) >= 11 is 0. The predicted octanol–water partition coefficient (Wildman–Crippen LogP) is 4.80. The molecule has 0 bridgehead atoms. The smallest absolute Gasteiger partial charge is 0.249 e. The third-order valence-corrected chi connectivity index (χ3v) is 7.16. The van der Waals surface area contributed by atoms with Crippen LogP contribution in [0.4, 0.5) is 5.69 Å². The van der Waals surface area contributed by atoms with Gasteiger partial charge in [-0.2, -0.15) is 0 Å². The van der Waals surface area contributed by atoms with Crippen LogP contribution in [0.2, 0.25) is 0 Å². The van der Waals surface area contributed by atoms with Crippen LogP contribution in [0.3, 0.4) is 0 Å². The lowest BCUT2D eigenvalue weighted by Crippen LogP contribution is -2.51. The van der Waals surface area contributed by atoms with Crippen LogP contribution in [0.15, 0.2) is 66.7 Å². The molecule has 1 aromatic heterocycles. The Morgan fingerprint density at radius 3 is 2.51 bits per heavy atom. The van der Waals surface area contributed by atoms with E-state index in [1.165, 1.54) is 4.90 Å². The van der Waals surface area contributed by atoms with Crippen molar-refractivity contribution in [2.45, 2.75) is 58.7 Å². The highest BCUT2D eigenvalue weighted by atomic mass is 16.7. The SMILES string of the molecule is CCc1ccc(C(C(=O)NC(C)(C)CC)N(C(=O)Cn2nnc3ccccc32)c2ccc3c(c2)OCO3)cc1. The molecule has 0 saturated heterocycles. The Hall–Kier alpha value is -4.40. The number of carbonyl (C=O) groups is 2. The quantitative estimate of drug-likeness (QED) is 0.336. The van der Waals surface area contributed by atoms with Crippen molar-refractivity contribution in [2.24, 2.45) is 0 Å². The van der Waals surface area contributed by atoms with E-state index in [0.29, 0.717) is 28.3 Å². The first-order valence-electron chi connectivity index (χ1n) is 13.2. The maximum absolute atomic E-state index is 14.2. The van der Waals surface area contributed by atoms with Gasteiger partial charge in [-0.3, -0.25) is 14.5 Å². The molecule has 2 heterocycles. The van der Waals surface area contributed by atoms with Crippen molar-refractivity contribution in [2.75, 3.05) is 11.7 Å². The molecule has 3 aromatic carbocycles. The highest BCUT2D eigenvalue weighted by molar-refractivity contribution is 6.02. The molecule has 5 rings (SSSR count). The molecule has 39 heavy (non-hydrogen) atoms. The van der Waals surface area contributed by atoms with Gasteiger partial charge in [0.2, 0.25) is 18.6 Å². The molecule has 4 aromatic rings. The van der Waals surface area contributed by atoms with E-state index >= 15 is 0 Å². The van der Waals surface area contributed by atoms with Crippen LogP contribution in [-0.4, -0.2) is 39.1 Å². The normalized spacial score (nSPS) is 13.3. The van der Waals surface area contributed by atoms with Crippen LogP contribution in [0.25, 0.3) is 11.0 Å². The van der Waals surface area contributed by atoms with Crippen LogP contribution in [-0.2, 0) is 22.6 Å². The molecule has 0 saturated carbocycles. The van der Waals surface area contributed by atoms with Gasteiger partial charge in [0.05, 0.1) is 5.52 Å². The van der Waals surface area contributed by atoms with Gasteiger partial charge < -0.3 is 14.8 Å². The Balaban J connectivity index is 1.62. The minimum atomic E-state index is -0.940. The fraction of sp³-hybridized carbons (Fsp3) is 0.333. The summed E-state index contributed by atoms with van der Waals surface area (Å²) in [4.78, 5) is 29.8. The number of para-hydroxylation sites is 1. The Morgan fingerprint density at radius 2 is 1.77 bits per heavy atom. The standard InChI is InChI=1S/C30H33N5O4/c1-5-20-11-13-21(14-12-20)28(29(37)31-30(3,4)6-2)35(22-15-16-25-26(17-22)39-19-38-25)27(36)18-34-24-10-8-7-9-23(24)32-33-34/h7-17,28H,5-6,18-19H2,1-4H3,(H,31,37). The van der Waals surface area contributed by atoms with E-state index in [0.717, 1.165) is 23.9 Å². The number of aromatic nitrogens is 3. The number of carbonyl (C=O) groups excluding carboxylic acids is 2. The number of nitrogens with zero attached hydrogens (tertiary/aromatic N) is 4. The molecular weight excluding hydrogens is 494 g/mol. The first-order chi connectivity index (χ1) is 18.8. The molecule has 1 aliphatic rings. The van der Waals surface area contributed by atoms with E-state index in [-0.39, 0.29) is 25.2 Å². The third-order valence-electron chi connectivity index (χ3n) is 7.16. The van der Waals surface area contributed by atoms with Gasteiger partial charge >= 0.3 is 0 Å². The molecule has 2 amide bonds. The van der Waals surface area contributed by atoms with Crippen LogP contribution >= 0.6 is 0 Å². The molecule has 0 radical (unpaired) electrons. The number of fused-ring (bicyclic) bond motifs is 2. The van der Waals surface area contributed by atoms with E-state index in [1.807, 2.05) is 69.3 Å². The number of ether oxygens (including phenoxy) is 2. The van der Waals surface area contributed by atoms with Crippen molar-refractivity contribution in [1.29, 1.82) is 0 Å². The number of benzene rings is 3. The Kier molecular flexibility index (Phi) is 7.24. The highest BCUT2D eigenvalue weighted by Gasteiger charge is 2.36. The maximum Gasteiger partial charge on any atom is 0.249 e. The number of nitrogens with one attached hydrogen (secondary N) is 1. The van der Waals surface area contributed by atoms with Crippen molar-refractivity contribution in [3.05, 3.63) is 77.9 Å². The van der Waals surface area contributed by atoms with Crippen LogP contribution in [0.5, 0.6) is 11.5 Å². The van der Waals surface area contributed by atoms with Crippen molar-refractivity contribution < 1.29 is 19.1 Å². The first kappa shape index (κ1) is 26.2. The van der Waals surface area contributed by atoms with Crippen molar-refractivity contribution >= 4 is 28.5 Å². The second-order valence-corrected chi connectivity index (χ2v) is 10.3. The fourth-order valence-corrected chi connectivity index (χ4v) is 4.55. The largest absolute Gasteiger partial charge is 0.454 e. The third kappa shape index (κ3) is 5.43. The lowest BCUT2D eigenvalue weighted by Gasteiger charge is -2.34. The van der Waals surface area contributed by atoms with E-state index in [1.54, 1.807) is 22.9 Å². The van der Waals surface area contributed by atoms with Crippen LogP contribution in [0, 0.1) is 0 Å². The maximum atomic E-state index is 14.2. The number of aryl methyl sites for hydroxylation is 1. The van der Waals surface area contributed by atoms with E-state index in [9.17, 15) is 9.59 Å². The van der Waals surface area contributed by atoms with Gasteiger partial charge in [-0.15, -0.1) is 5.10 Å². The number of hydrogen-bond acceptors (Lipinski definition) is 6. The van der Waals surface area contributed by atoms with E-state index in [2.05, 4.69) is 22.6 Å². The highest BCUT2D eigenvalue weighted by Crippen LogP contribution is 2.38. The van der Waals surface area contributed by atoms with Crippen molar-refractivity contribution in [1.82, 2.24) is 20.3 Å². The summed E-state index contributed by atoms with van der Waals surface area (Å²) in [5.74, 6) is 0.513. The molecule has 1 atom stereocenters. The van der Waals surface area contributed by atoms with Gasteiger partial charge in [0, 0.05) is 17.3 Å². The lowest BCUT2D eigenvalue weighted by atomic mass is 9.97. The average molecular weight is 528 g/mol. The predicted molar refractivity (Wildman–Crippen MR) is 149 cm³/mol. The molecule has 1 aliphatic heterocycles. The summed E-state index contributed by atoms with van der Waals surface area (Å²) in [5.41, 5.74) is 3.31. The van der Waals surface area contributed by atoms with Crippen LogP contribution in [0.1, 0.15) is 51.3 Å². The molecule has 1 unspecified atom stereocenters. The molecule has 9 heteroatoms. The van der Waals surface area contributed by atoms with Crippen molar-refractivity contribution in [3.63, 3.8) is 0 Å². The first-order valence-corrected chi connectivity index (χ1v) is 13.2.